The summed E-state index contributed by atoms with van der Waals surface area (Å²) < 4.78 is 2.27. The van der Waals surface area contributed by atoms with Gasteiger partial charge in [-0.15, -0.1) is 0 Å². The summed E-state index contributed by atoms with van der Waals surface area (Å²) in [7, 11) is 0. The van der Waals surface area contributed by atoms with Crippen molar-refractivity contribution >= 4 is 16.7 Å². The van der Waals surface area contributed by atoms with Crippen molar-refractivity contribution in [2.75, 3.05) is 5.73 Å². The number of nitrogens with zero attached hydrogens (tertiary/aromatic N) is 2. The number of hydrogen-bond acceptors (Lipinski definition) is 2. The summed E-state index contributed by atoms with van der Waals surface area (Å²) in [5, 5.41) is 0. The van der Waals surface area contributed by atoms with Gasteiger partial charge in [0.05, 0.1) is 17.4 Å². The Hall–Kier alpha value is -1.51. The minimum atomic E-state index is 0.551. The zero-order valence-corrected chi connectivity index (χ0v) is 9.61. The van der Waals surface area contributed by atoms with Crippen LogP contribution in [0.2, 0.25) is 0 Å². The molecule has 16 heavy (non-hydrogen) atoms. The Balaban J connectivity index is 1.98. The molecule has 0 bridgehead atoms. The highest BCUT2D eigenvalue weighted by Gasteiger charge is 2.40. The van der Waals surface area contributed by atoms with E-state index in [0.717, 1.165) is 17.7 Å². The van der Waals surface area contributed by atoms with Crippen LogP contribution in [-0.2, 0) is 6.54 Å². The molecule has 2 aromatic rings. The maximum atomic E-state index is 5.75. The van der Waals surface area contributed by atoms with Gasteiger partial charge in [0, 0.05) is 12.2 Å². The Bertz CT molecular complexity index is 523. The molecule has 3 heteroatoms. The third kappa shape index (κ3) is 1.47. The maximum Gasteiger partial charge on any atom is 0.0958 e. The third-order valence-corrected chi connectivity index (χ3v) is 3.86. The predicted molar refractivity (Wildman–Crippen MR) is 66.1 cm³/mol. The molecule has 84 valence electrons. The fraction of sp³-hybridized carbons (Fsp3) is 0.462. The quantitative estimate of drug-likeness (QED) is 0.800. The smallest absolute Gasteiger partial charge is 0.0958 e. The van der Waals surface area contributed by atoms with E-state index in [9.17, 15) is 0 Å². The van der Waals surface area contributed by atoms with Crippen LogP contribution in [0.4, 0.5) is 5.69 Å². The summed E-state index contributed by atoms with van der Waals surface area (Å²) in [6.45, 7) is 3.38. The lowest BCUT2D eigenvalue weighted by Gasteiger charge is -2.13. The molecule has 0 aliphatic heterocycles. The van der Waals surface area contributed by atoms with E-state index >= 15 is 0 Å². The van der Waals surface area contributed by atoms with Crippen LogP contribution in [0.15, 0.2) is 24.5 Å². The molecule has 0 amide bonds. The topological polar surface area (TPSA) is 43.8 Å². The van der Waals surface area contributed by atoms with Crippen LogP contribution in [0.25, 0.3) is 11.0 Å². The Morgan fingerprint density at radius 1 is 1.44 bits per heavy atom. The Kier molecular flexibility index (Phi) is 1.96. The van der Waals surface area contributed by atoms with Crippen molar-refractivity contribution in [3.05, 3.63) is 24.5 Å². The van der Waals surface area contributed by atoms with Gasteiger partial charge in [0.15, 0.2) is 0 Å². The van der Waals surface area contributed by atoms with Crippen molar-refractivity contribution in [2.24, 2.45) is 5.41 Å². The van der Waals surface area contributed by atoms with Crippen LogP contribution in [0.3, 0.4) is 0 Å². The van der Waals surface area contributed by atoms with E-state index in [1.807, 2.05) is 18.5 Å². The summed E-state index contributed by atoms with van der Waals surface area (Å²) >= 11 is 0. The second-order valence-electron chi connectivity index (χ2n) is 4.97. The number of imidazole rings is 1. The molecule has 0 spiro atoms. The molecule has 3 rings (SSSR count). The van der Waals surface area contributed by atoms with E-state index in [0.29, 0.717) is 5.41 Å². The predicted octanol–water partition coefficient (Wildman–Crippen LogP) is 2.81. The normalized spacial score (nSPS) is 17.8. The largest absolute Gasteiger partial charge is 0.399 e. The first-order chi connectivity index (χ1) is 7.72. The first kappa shape index (κ1) is 9.70. The molecule has 0 radical (unpaired) electrons. The second-order valence-corrected chi connectivity index (χ2v) is 4.97. The fourth-order valence-corrected chi connectivity index (χ4v) is 2.37. The van der Waals surface area contributed by atoms with Gasteiger partial charge in [-0.05, 0) is 42.9 Å². The van der Waals surface area contributed by atoms with Crippen molar-refractivity contribution in [1.29, 1.82) is 0 Å². The highest BCUT2D eigenvalue weighted by atomic mass is 15.1. The number of fused-ring (bicyclic) bond motifs is 1. The first-order valence-electron chi connectivity index (χ1n) is 5.93. The molecule has 1 aromatic heterocycles. The third-order valence-electron chi connectivity index (χ3n) is 3.86. The highest BCUT2D eigenvalue weighted by molar-refractivity contribution is 5.78. The molecule has 0 atom stereocenters. The minimum Gasteiger partial charge on any atom is -0.399 e. The van der Waals surface area contributed by atoms with Gasteiger partial charge >= 0.3 is 0 Å². The van der Waals surface area contributed by atoms with Crippen LogP contribution in [-0.4, -0.2) is 9.55 Å². The summed E-state index contributed by atoms with van der Waals surface area (Å²) in [6, 6.07) is 5.97. The fourth-order valence-electron chi connectivity index (χ4n) is 2.37. The zero-order chi connectivity index (χ0) is 11.2. The Morgan fingerprint density at radius 3 is 2.94 bits per heavy atom. The van der Waals surface area contributed by atoms with Gasteiger partial charge in [-0.25, -0.2) is 4.98 Å². The van der Waals surface area contributed by atoms with Gasteiger partial charge in [-0.3, -0.25) is 0 Å². The van der Waals surface area contributed by atoms with Crippen molar-refractivity contribution in [1.82, 2.24) is 9.55 Å². The lowest BCUT2D eigenvalue weighted by Crippen LogP contribution is -2.09. The second kappa shape index (κ2) is 3.24. The number of rotatable bonds is 3. The van der Waals surface area contributed by atoms with E-state index in [4.69, 9.17) is 5.73 Å². The van der Waals surface area contributed by atoms with Crippen molar-refractivity contribution in [3.63, 3.8) is 0 Å². The molecular formula is C13H17N3. The van der Waals surface area contributed by atoms with Gasteiger partial charge in [0.25, 0.3) is 0 Å². The molecule has 2 N–H and O–H groups in total. The maximum absolute atomic E-state index is 5.75. The standard InChI is InChI=1S/C13H17N3/c1-2-13(5-6-13)8-16-9-15-11-7-10(14)3-4-12(11)16/h3-4,7,9H,2,5-6,8,14H2,1H3. The zero-order valence-electron chi connectivity index (χ0n) is 9.61. The molecule has 0 saturated heterocycles. The number of aromatic nitrogens is 2. The molecule has 1 aliphatic carbocycles. The summed E-state index contributed by atoms with van der Waals surface area (Å²) in [5.41, 5.74) is 9.30. The molecule has 1 aliphatic rings. The molecule has 3 nitrogen and oxygen atoms in total. The summed E-state index contributed by atoms with van der Waals surface area (Å²) in [4.78, 5) is 4.41. The van der Waals surface area contributed by atoms with Crippen LogP contribution >= 0.6 is 0 Å². The van der Waals surface area contributed by atoms with Gasteiger partial charge in [-0.2, -0.15) is 0 Å². The number of nitrogens with two attached hydrogens (primary N) is 1. The van der Waals surface area contributed by atoms with Gasteiger partial charge in [0.1, 0.15) is 0 Å². The van der Waals surface area contributed by atoms with Gasteiger partial charge in [-0.1, -0.05) is 6.92 Å². The van der Waals surface area contributed by atoms with Crippen LogP contribution in [0.5, 0.6) is 0 Å². The average Bonchev–Trinajstić information content (AvgIpc) is 2.95. The monoisotopic (exact) mass is 215 g/mol. The molecule has 1 aromatic carbocycles. The van der Waals surface area contributed by atoms with E-state index in [1.165, 1.54) is 24.8 Å². The van der Waals surface area contributed by atoms with Crippen molar-refractivity contribution in [2.45, 2.75) is 32.7 Å². The molecule has 1 fully saturated rings. The van der Waals surface area contributed by atoms with E-state index < -0.39 is 0 Å². The van der Waals surface area contributed by atoms with Gasteiger partial charge < -0.3 is 10.3 Å². The van der Waals surface area contributed by atoms with Crippen LogP contribution < -0.4 is 5.73 Å². The Morgan fingerprint density at radius 2 is 2.25 bits per heavy atom. The number of hydrogen-bond donors (Lipinski definition) is 1. The first-order valence-corrected chi connectivity index (χ1v) is 5.93. The van der Waals surface area contributed by atoms with E-state index in [2.05, 4.69) is 22.5 Å². The van der Waals surface area contributed by atoms with Crippen LogP contribution in [0.1, 0.15) is 26.2 Å². The van der Waals surface area contributed by atoms with Gasteiger partial charge in [0.2, 0.25) is 0 Å². The van der Waals surface area contributed by atoms with Crippen LogP contribution in [0, 0.1) is 5.41 Å². The molecule has 1 heterocycles. The molecular weight excluding hydrogens is 198 g/mol. The van der Waals surface area contributed by atoms with E-state index in [1.54, 1.807) is 0 Å². The summed E-state index contributed by atoms with van der Waals surface area (Å²) in [5.74, 6) is 0. The van der Waals surface area contributed by atoms with Crippen molar-refractivity contribution in [3.8, 4) is 0 Å². The molecule has 0 unspecified atom stereocenters. The SMILES string of the molecule is CCC1(Cn2cnc3cc(N)ccc32)CC1. The highest BCUT2D eigenvalue weighted by Crippen LogP contribution is 2.50. The van der Waals surface area contributed by atoms with E-state index in [-0.39, 0.29) is 0 Å². The Labute approximate surface area is 95.3 Å². The average molecular weight is 215 g/mol. The minimum absolute atomic E-state index is 0.551. The van der Waals surface area contributed by atoms with Crippen molar-refractivity contribution < 1.29 is 0 Å². The molecule has 1 saturated carbocycles. The summed E-state index contributed by atoms with van der Waals surface area (Å²) in [6.07, 6.45) is 5.93. The lowest BCUT2D eigenvalue weighted by molar-refractivity contribution is 0.415. The number of nitrogen functional groups attached to an aromatic ring is 1. The number of benzene rings is 1. The lowest BCUT2D eigenvalue weighted by atomic mass is 10.0. The number of anilines is 1.